The van der Waals surface area contributed by atoms with Crippen LogP contribution in [0.5, 0.6) is 11.5 Å². The third kappa shape index (κ3) is 2.18. The molecule has 0 N–H and O–H groups in total. The second-order valence-corrected chi connectivity index (χ2v) is 4.47. The molecule has 0 saturated carbocycles. The van der Waals surface area contributed by atoms with E-state index in [1.165, 1.54) is 0 Å². The Balaban J connectivity index is 2.05. The van der Waals surface area contributed by atoms with Crippen LogP contribution in [0.25, 0.3) is 10.8 Å². The van der Waals surface area contributed by atoms with Crippen molar-refractivity contribution in [3.8, 4) is 11.5 Å². The van der Waals surface area contributed by atoms with Gasteiger partial charge in [0, 0.05) is 10.4 Å². The SMILES string of the molecule is Clc1cccc(Oc2cccc3ccccc23)c1. The van der Waals surface area contributed by atoms with Crippen molar-refractivity contribution in [1.29, 1.82) is 0 Å². The fraction of sp³-hybridized carbons (Fsp3) is 0. The third-order valence-electron chi connectivity index (χ3n) is 2.77. The van der Waals surface area contributed by atoms with E-state index in [0.717, 1.165) is 22.3 Å². The Bertz CT molecular complexity index is 686. The largest absolute Gasteiger partial charge is 0.457 e. The lowest BCUT2D eigenvalue weighted by atomic mass is 10.1. The van der Waals surface area contributed by atoms with Crippen molar-refractivity contribution in [3.05, 3.63) is 71.8 Å². The minimum atomic E-state index is 0.674. The summed E-state index contributed by atoms with van der Waals surface area (Å²) in [6.45, 7) is 0. The molecule has 3 rings (SSSR count). The predicted molar refractivity (Wildman–Crippen MR) is 75.5 cm³/mol. The van der Waals surface area contributed by atoms with E-state index >= 15 is 0 Å². The summed E-state index contributed by atoms with van der Waals surface area (Å²) in [4.78, 5) is 0. The first-order chi connectivity index (χ1) is 8.83. The first-order valence-electron chi connectivity index (χ1n) is 5.74. The quantitative estimate of drug-likeness (QED) is 0.604. The Kier molecular flexibility index (Phi) is 2.91. The van der Waals surface area contributed by atoms with Crippen LogP contribution in [0.1, 0.15) is 0 Å². The molecule has 0 radical (unpaired) electrons. The van der Waals surface area contributed by atoms with Crippen LogP contribution in [0, 0.1) is 0 Å². The Hall–Kier alpha value is -1.99. The molecule has 3 aromatic rings. The maximum absolute atomic E-state index is 5.95. The monoisotopic (exact) mass is 254 g/mol. The van der Waals surface area contributed by atoms with E-state index in [0.29, 0.717) is 5.02 Å². The van der Waals surface area contributed by atoms with Crippen molar-refractivity contribution in [2.24, 2.45) is 0 Å². The zero-order chi connectivity index (χ0) is 12.4. The van der Waals surface area contributed by atoms with Gasteiger partial charge in [0.1, 0.15) is 11.5 Å². The molecule has 0 heterocycles. The highest BCUT2D eigenvalue weighted by Gasteiger charge is 2.02. The van der Waals surface area contributed by atoms with Crippen molar-refractivity contribution in [3.63, 3.8) is 0 Å². The van der Waals surface area contributed by atoms with Crippen LogP contribution < -0.4 is 4.74 Å². The van der Waals surface area contributed by atoms with Gasteiger partial charge in [-0.3, -0.25) is 0 Å². The summed E-state index contributed by atoms with van der Waals surface area (Å²) >= 11 is 5.95. The zero-order valence-corrected chi connectivity index (χ0v) is 10.4. The molecule has 0 unspecified atom stereocenters. The Morgan fingerprint density at radius 3 is 2.44 bits per heavy atom. The van der Waals surface area contributed by atoms with Gasteiger partial charge in [0.25, 0.3) is 0 Å². The first-order valence-corrected chi connectivity index (χ1v) is 6.12. The fourth-order valence-electron chi connectivity index (χ4n) is 1.94. The van der Waals surface area contributed by atoms with Gasteiger partial charge in [-0.2, -0.15) is 0 Å². The minimum absolute atomic E-state index is 0.674. The third-order valence-corrected chi connectivity index (χ3v) is 3.01. The number of benzene rings is 3. The van der Waals surface area contributed by atoms with Gasteiger partial charge in [0.2, 0.25) is 0 Å². The summed E-state index contributed by atoms with van der Waals surface area (Å²) in [6, 6.07) is 21.6. The molecule has 0 aliphatic heterocycles. The average Bonchev–Trinajstić information content (AvgIpc) is 2.39. The first kappa shape index (κ1) is 11.1. The van der Waals surface area contributed by atoms with Crippen LogP contribution in [0.3, 0.4) is 0 Å². The van der Waals surface area contributed by atoms with Gasteiger partial charge in [0.05, 0.1) is 0 Å². The van der Waals surface area contributed by atoms with Gasteiger partial charge in [-0.05, 0) is 29.7 Å². The Labute approximate surface area is 111 Å². The molecule has 3 aromatic carbocycles. The molecule has 2 heteroatoms. The van der Waals surface area contributed by atoms with Crippen LogP contribution in [0.2, 0.25) is 5.02 Å². The summed E-state index contributed by atoms with van der Waals surface area (Å²) in [6.07, 6.45) is 0. The van der Waals surface area contributed by atoms with Crippen LogP contribution in [-0.2, 0) is 0 Å². The van der Waals surface area contributed by atoms with E-state index < -0.39 is 0 Å². The van der Waals surface area contributed by atoms with Crippen LogP contribution in [-0.4, -0.2) is 0 Å². The lowest BCUT2D eigenvalue weighted by Crippen LogP contribution is -1.85. The highest BCUT2D eigenvalue weighted by Crippen LogP contribution is 2.30. The zero-order valence-electron chi connectivity index (χ0n) is 9.64. The van der Waals surface area contributed by atoms with E-state index in [9.17, 15) is 0 Å². The molecular weight excluding hydrogens is 244 g/mol. The van der Waals surface area contributed by atoms with Crippen molar-refractivity contribution in [2.75, 3.05) is 0 Å². The molecule has 18 heavy (non-hydrogen) atoms. The highest BCUT2D eigenvalue weighted by atomic mass is 35.5. The lowest BCUT2D eigenvalue weighted by molar-refractivity contribution is 0.488. The summed E-state index contributed by atoms with van der Waals surface area (Å²) < 4.78 is 5.89. The molecule has 0 aliphatic carbocycles. The number of ether oxygens (including phenoxy) is 1. The fourth-order valence-corrected chi connectivity index (χ4v) is 2.12. The maximum atomic E-state index is 5.95. The van der Waals surface area contributed by atoms with Crippen molar-refractivity contribution in [2.45, 2.75) is 0 Å². The van der Waals surface area contributed by atoms with Gasteiger partial charge >= 0.3 is 0 Å². The molecule has 0 spiro atoms. The molecular formula is C16H11ClO. The summed E-state index contributed by atoms with van der Waals surface area (Å²) in [7, 11) is 0. The molecule has 0 saturated heterocycles. The Morgan fingerprint density at radius 2 is 1.56 bits per heavy atom. The van der Waals surface area contributed by atoms with Crippen molar-refractivity contribution < 1.29 is 4.74 Å². The smallest absolute Gasteiger partial charge is 0.135 e. The normalized spacial score (nSPS) is 10.5. The summed E-state index contributed by atoms with van der Waals surface area (Å²) in [5.41, 5.74) is 0. The molecule has 0 fully saturated rings. The van der Waals surface area contributed by atoms with E-state index in [4.69, 9.17) is 16.3 Å². The van der Waals surface area contributed by atoms with E-state index in [1.807, 2.05) is 48.5 Å². The number of fused-ring (bicyclic) bond motifs is 1. The van der Waals surface area contributed by atoms with E-state index in [2.05, 4.69) is 18.2 Å². The summed E-state index contributed by atoms with van der Waals surface area (Å²) in [5.74, 6) is 1.59. The van der Waals surface area contributed by atoms with Crippen LogP contribution in [0.4, 0.5) is 0 Å². The molecule has 0 atom stereocenters. The molecule has 0 amide bonds. The highest BCUT2D eigenvalue weighted by molar-refractivity contribution is 6.30. The van der Waals surface area contributed by atoms with Crippen molar-refractivity contribution >= 4 is 22.4 Å². The Morgan fingerprint density at radius 1 is 0.778 bits per heavy atom. The number of halogens is 1. The van der Waals surface area contributed by atoms with Crippen LogP contribution in [0.15, 0.2) is 66.7 Å². The standard InChI is InChI=1S/C16H11ClO/c17-13-7-4-8-14(11-13)18-16-10-3-6-12-5-1-2-9-15(12)16/h1-11H. The molecule has 88 valence electrons. The molecule has 0 bridgehead atoms. The van der Waals surface area contributed by atoms with Crippen molar-refractivity contribution in [1.82, 2.24) is 0 Å². The van der Waals surface area contributed by atoms with Gasteiger partial charge < -0.3 is 4.74 Å². The van der Waals surface area contributed by atoms with Gasteiger partial charge in [-0.15, -0.1) is 0 Å². The predicted octanol–water partition coefficient (Wildman–Crippen LogP) is 5.29. The lowest BCUT2D eigenvalue weighted by Gasteiger charge is -2.09. The van der Waals surface area contributed by atoms with Gasteiger partial charge in [0.15, 0.2) is 0 Å². The average molecular weight is 255 g/mol. The van der Waals surface area contributed by atoms with Gasteiger partial charge in [-0.1, -0.05) is 54.1 Å². The summed E-state index contributed by atoms with van der Waals surface area (Å²) in [5, 5.41) is 2.93. The van der Waals surface area contributed by atoms with Crippen LogP contribution >= 0.6 is 11.6 Å². The number of hydrogen-bond donors (Lipinski definition) is 0. The maximum Gasteiger partial charge on any atom is 0.135 e. The minimum Gasteiger partial charge on any atom is -0.457 e. The topological polar surface area (TPSA) is 9.23 Å². The molecule has 0 aliphatic rings. The van der Waals surface area contributed by atoms with E-state index in [1.54, 1.807) is 0 Å². The number of hydrogen-bond acceptors (Lipinski definition) is 1. The number of rotatable bonds is 2. The molecule has 1 nitrogen and oxygen atoms in total. The van der Waals surface area contributed by atoms with Gasteiger partial charge in [-0.25, -0.2) is 0 Å². The molecule has 0 aromatic heterocycles. The second-order valence-electron chi connectivity index (χ2n) is 4.04. The van der Waals surface area contributed by atoms with E-state index in [-0.39, 0.29) is 0 Å². The second kappa shape index (κ2) is 4.71.